The van der Waals surface area contributed by atoms with Gasteiger partial charge in [-0.1, -0.05) is 0 Å². The monoisotopic (exact) mass is 295 g/mol. The van der Waals surface area contributed by atoms with E-state index in [9.17, 15) is 13.6 Å². The highest BCUT2D eigenvalue weighted by Crippen LogP contribution is 2.26. The summed E-state index contributed by atoms with van der Waals surface area (Å²) < 4.78 is 28.5. The fraction of sp³-hybridized carbons (Fsp3) is 0.533. The Morgan fingerprint density at radius 2 is 1.95 bits per heavy atom. The van der Waals surface area contributed by atoms with Crippen LogP contribution in [0.25, 0.3) is 0 Å². The molecule has 1 amide bonds. The van der Waals surface area contributed by atoms with Gasteiger partial charge in [0.15, 0.2) is 0 Å². The Bertz CT molecular complexity index is 523. The van der Waals surface area contributed by atoms with Crippen molar-refractivity contribution in [1.29, 1.82) is 0 Å². The topological polar surface area (TPSA) is 44.4 Å². The quantitative estimate of drug-likeness (QED) is 0.886. The van der Waals surface area contributed by atoms with Gasteiger partial charge in [0, 0.05) is 38.6 Å². The number of benzene rings is 1. The predicted molar refractivity (Wildman–Crippen MR) is 76.1 cm³/mol. The zero-order valence-electron chi connectivity index (χ0n) is 11.8. The Hall–Kier alpha value is -1.69. The summed E-state index contributed by atoms with van der Waals surface area (Å²) in [5.74, 6) is -1.20. The van der Waals surface area contributed by atoms with Crippen molar-refractivity contribution in [2.24, 2.45) is 0 Å². The molecule has 0 aromatic heterocycles. The van der Waals surface area contributed by atoms with Crippen molar-refractivity contribution in [3.8, 4) is 0 Å². The fourth-order valence-corrected chi connectivity index (χ4v) is 2.56. The van der Waals surface area contributed by atoms with Gasteiger partial charge in [0.2, 0.25) is 5.91 Å². The first-order valence-electron chi connectivity index (χ1n) is 7.36. The van der Waals surface area contributed by atoms with Gasteiger partial charge in [0.25, 0.3) is 0 Å². The van der Waals surface area contributed by atoms with Crippen molar-refractivity contribution in [3.63, 3.8) is 0 Å². The standard InChI is InChI=1S/C15H19F2N3O/c16-12-7-10(9-19-11-1-2-11)8-13(17)15(12)20-5-3-14(21)18-4-6-20/h7-8,11,19H,1-6,9H2,(H,18,21). The third-order valence-corrected chi connectivity index (χ3v) is 3.88. The summed E-state index contributed by atoms with van der Waals surface area (Å²) in [6, 6.07) is 3.26. The lowest BCUT2D eigenvalue weighted by molar-refractivity contribution is -0.120. The average molecular weight is 295 g/mol. The molecule has 4 nitrogen and oxygen atoms in total. The third kappa shape index (κ3) is 3.50. The first kappa shape index (κ1) is 14.3. The number of nitrogens with one attached hydrogen (secondary N) is 2. The minimum absolute atomic E-state index is 0.0262. The number of hydrogen-bond donors (Lipinski definition) is 2. The van der Waals surface area contributed by atoms with Gasteiger partial charge in [-0.15, -0.1) is 0 Å². The minimum atomic E-state index is -0.558. The van der Waals surface area contributed by atoms with Crippen molar-refractivity contribution in [3.05, 3.63) is 29.3 Å². The highest BCUT2D eigenvalue weighted by atomic mass is 19.1. The fourth-order valence-electron chi connectivity index (χ4n) is 2.56. The highest BCUT2D eigenvalue weighted by Gasteiger charge is 2.23. The van der Waals surface area contributed by atoms with Gasteiger partial charge in [-0.3, -0.25) is 4.79 Å². The van der Waals surface area contributed by atoms with Crippen LogP contribution in [0.15, 0.2) is 12.1 Å². The molecule has 0 unspecified atom stereocenters. The number of anilines is 1. The van der Waals surface area contributed by atoms with E-state index in [1.54, 1.807) is 4.90 Å². The molecule has 0 spiro atoms. The Morgan fingerprint density at radius 3 is 2.62 bits per heavy atom. The van der Waals surface area contributed by atoms with Crippen LogP contribution in [0.4, 0.5) is 14.5 Å². The first-order valence-corrected chi connectivity index (χ1v) is 7.36. The number of carbonyl (C=O) groups is 1. The molecule has 0 bridgehead atoms. The molecule has 2 aliphatic rings. The van der Waals surface area contributed by atoms with Crippen LogP contribution < -0.4 is 15.5 Å². The van der Waals surface area contributed by atoms with Gasteiger partial charge in [-0.05, 0) is 30.5 Å². The van der Waals surface area contributed by atoms with E-state index in [-0.39, 0.29) is 18.0 Å². The molecule has 114 valence electrons. The zero-order valence-corrected chi connectivity index (χ0v) is 11.8. The van der Waals surface area contributed by atoms with Crippen LogP contribution >= 0.6 is 0 Å². The van der Waals surface area contributed by atoms with Crippen LogP contribution in [0, 0.1) is 11.6 Å². The molecular weight excluding hydrogens is 276 g/mol. The van der Waals surface area contributed by atoms with E-state index in [1.807, 2.05) is 0 Å². The van der Waals surface area contributed by atoms with E-state index in [1.165, 1.54) is 12.1 Å². The minimum Gasteiger partial charge on any atom is -0.365 e. The smallest absolute Gasteiger partial charge is 0.221 e. The molecule has 6 heteroatoms. The van der Waals surface area contributed by atoms with E-state index >= 15 is 0 Å². The molecule has 1 aromatic rings. The number of hydrogen-bond acceptors (Lipinski definition) is 3. The summed E-state index contributed by atoms with van der Waals surface area (Å²) in [6.07, 6.45) is 2.53. The lowest BCUT2D eigenvalue weighted by Gasteiger charge is -2.23. The summed E-state index contributed by atoms with van der Waals surface area (Å²) in [6.45, 7) is 1.64. The molecule has 0 radical (unpaired) electrons. The van der Waals surface area contributed by atoms with Crippen molar-refractivity contribution in [2.75, 3.05) is 24.5 Å². The molecule has 0 atom stereocenters. The van der Waals surface area contributed by atoms with Crippen molar-refractivity contribution < 1.29 is 13.6 Å². The SMILES string of the molecule is O=C1CCN(c2c(F)cc(CNC3CC3)cc2F)CCN1. The van der Waals surface area contributed by atoms with Crippen molar-refractivity contribution in [1.82, 2.24) is 10.6 Å². The summed E-state index contributed by atoms with van der Waals surface area (Å²) in [5, 5.41) is 5.94. The van der Waals surface area contributed by atoms with Gasteiger partial charge >= 0.3 is 0 Å². The largest absolute Gasteiger partial charge is 0.365 e. The Kier molecular flexibility index (Phi) is 4.05. The summed E-state index contributed by atoms with van der Waals surface area (Å²) >= 11 is 0. The van der Waals surface area contributed by atoms with E-state index in [0.717, 1.165) is 12.8 Å². The van der Waals surface area contributed by atoms with Crippen LogP contribution in [-0.4, -0.2) is 31.6 Å². The molecule has 21 heavy (non-hydrogen) atoms. The Labute approximate surface area is 122 Å². The maximum absolute atomic E-state index is 14.3. The summed E-state index contributed by atoms with van der Waals surface area (Å²) in [5.41, 5.74) is 0.589. The molecule has 2 N–H and O–H groups in total. The normalized spacial score (nSPS) is 19.3. The van der Waals surface area contributed by atoms with Crippen LogP contribution in [0.1, 0.15) is 24.8 Å². The number of carbonyl (C=O) groups excluding carboxylic acids is 1. The second-order valence-electron chi connectivity index (χ2n) is 5.65. The summed E-state index contributed by atoms with van der Waals surface area (Å²) in [4.78, 5) is 12.9. The molecule has 1 saturated carbocycles. The first-order chi connectivity index (χ1) is 10.1. The highest BCUT2D eigenvalue weighted by molar-refractivity contribution is 5.77. The molecule has 1 heterocycles. The summed E-state index contributed by atoms with van der Waals surface area (Å²) in [7, 11) is 0. The molecule has 1 aliphatic carbocycles. The zero-order chi connectivity index (χ0) is 14.8. The van der Waals surface area contributed by atoms with Gasteiger partial charge < -0.3 is 15.5 Å². The van der Waals surface area contributed by atoms with Crippen molar-refractivity contribution >= 4 is 11.6 Å². The molecule has 1 aliphatic heterocycles. The Balaban J connectivity index is 1.75. The second kappa shape index (κ2) is 5.97. The van der Waals surface area contributed by atoms with Crippen LogP contribution in [-0.2, 0) is 11.3 Å². The predicted octanol–water partition coefficient (Wildman–Crippen LogP) is 1.54. The molecular formula is C15H19F2N3O. The third-order valence-electron chi connectivity index (χ3n) is 3.88. The van der Waals surface area contributed by atoms with E-state index < -0.39 is 11.6 Å². The second-order valence-corrected chi connectivity index (χ2v) is 5.65. The number of halogens is 2. The van der Waals surface area contributed by atoms with Gasteiger partial charge in [-0.25, -0.2) is 8.78 Å². The molecule has 2 fully saturated rings. The lowest BCUT2D eigenvalue weighted by atomic mass is 10.1. The van der Waals surface area contributed by atoms with E-state index in [0.29, 0.717) is 37.8 Å². The maximum Gasteiger partial charge on any atom is 0.221 e. The van der Waals surface area contributed by atoms with Crippen LogP contribution in [0.2, 0.25) is 0 Å². The lowest BCUT2D eigenvalue weighted by Crippen LogP contribution is -2.30. The van der Waals surface area contributed by atoms with Gasteiger partial charge in [0.1, 0.15) is 17.3 Å². The number of amides is 1. The number of rotatable bonds is 4. The van der Waals surface area contributed by atoms with E-state index in [4.69, 9.17) is 0 Å². The van der Waals surface area contributed by atoms with Crippen molar-refractivity contribution in [2.45, 2.75) is 31.8 Å². The van der Waals surface area contributed by atoms with Crippen LogP contribution in [0.5, 0.6) is 0 Å². The molecule has 1 aromatic carbocycles. The van der Waals surface area contributed by atoms with E-state index in [2.05, 4.69) is 10.6 Å². The number of nitrogens with zero attached hydrogens (tertiary/aromatic N) is 1. The molecule has 1 saturated heterocycles. The maximum atomic E-state index is 14.3. The molecule has 3 rings (SSSR count). The van der Waals surface area contributed by atoms with Gasteiger partial charge in [-0.2, -0.15) is 0 Å². The Morgan fingerprint density at radius 1 is 1.24 bits per heavy atom. The van der Waals surface area contributed by atoms with Gasteiger partial charge in [0.05, 0.1) is 0 Å². The van der Waals surface area contributed by atoms with Crippen LogP contribution in [0.3, 0.4) is 0 Å². The average Bonchev–Trinajstić information content (AvgIpc) is 3.25.